The summed E-state index contributed by atoms with van der Waals surface area (Å²) in [7, 11) is 0. The van der Waals surface area contributed by atoms with Gasteiger partial charge in [0.15, 0.2) is 0 Å². The van der Waals surface area contributed by atoms with Crippen LogP contribution in [-0.4, -0.2) is 12.5 Å². The number of hydrogen-bond acceptors (Lipinski definition) is 1. The summed E-state index contributed by atoms with van der Waals surface area (Å²) < 4.78 is 0.958. The third kappa shape index (κ3) is 3.99. The Morgan fingerprint density at radius 3 is 2.87 bits per heavy atom. The molecule has 0 aromatic heterocycles. The Balaban J connectivity index is 2.62. The van der Waals surface area contributed by atoms with Crippen LogP contribution in [0, 0.1) is 3.57 Å². The van der Waals surface area contributed by atoms with E-state index < -0.39 is 0 Å². The van der Waals surface area contributed by atoms with Gasteiger partial charge in [-0.25, -0.2) is 0 Å². The maximum atomic E-state index is 11.6. The third-order valence-corrected chi connectivity index (χ3v) is 3.57. The second-order valence-corrected chi connectivity index (χ2v) is 4.81. The Morgan fingerprint density at radius 2 is 2.27 bits per heavy atom. The lowest BCUT2D eigenvalue weighted by Gasteiger charge is -2.05. The summed E-state index contributed by atoms with van der Waals surface area (Å²) in [5.74, 6) is -0.0539. The summed E-state index contributed by atoms with van der Waals surface area (Å²) in [6, 6.07) is 5.33. The minimum atomic E-state index is -0.0539. The Kier molecular flexibility index (Phi) is 5.39. The molecule has 0 atom stereocenters. The van der Waals surface area contributed by atoms with Gasteiger partial charge in [0.25, 0.3) is 5.91 Å². The van der Waals surface area contributed by atoms with Crippen LogP contribution in [0.25, 0.3) is 0 Å². The first-order valence-corrected chi connectivity index (χ1v) is 6.34. The topological polar surface area (TPSA) is 29.1 Å². The van der Waals surface area contributed by atoms with Crippen molar-refractivity contribution >= 4 is 40.1 Å². The number of hydrogen-bond donors (Lipinski definition) is 1. The van der Waals surface area contributed by atoms with Gasteiger partial charge in [-0.2, -0.15) is 0 Å². The van der Waals surface area contributed by atoms with Gasteiger partial charge in [-0.1, -0.05) is 24.9 Å². The number of unbranched alkanes of at least 4 members (excludes halogenated alkanes) is 1. The van der Waals surface area contributed by atoms with Crippen LogP contribution in [-0.2, 0) is 0 Å². The third-order valence-electron chi connectivity index (χ3n) is 2.00. The Labute approximate surface area is 109 Å². The molecule has 0 unspecified atom stereocenters. The van der Waals surface area contributed by atoms with Gasteiger partial charge in [-0.05, 0) is 47.2 Å². The van der Waals surface area contributed by atoms with E-state index in [4.69, 9.17) is 11.6 Å². The van der Waals surface area contributed by atoms with Crippen LogP contribution in [0.2, 0.25) is 5.02 Å². The molecule has 0 aliphatic carbocycles. The van der Waals surface area contributed by atoms with Gasteiger partial charge in [0.2, 0.25) is 0 Å². The normalized spacial score (nSPS) is 10.1. The smallest absolute Gasteiger partial charge is 0.251 e. The number of amides is 1. The molecule has 0 saturated heterocycles. The van der Waals surface area contributed by atoms with Crippen molar-refractivity contribution < 1.29 is 4.79 Å². The van der Waals surface area contributed by atoms with E-state index in [0.717, 1.165) is 23.0 Å². The van der Waals surface area contributed by atoms with Gasteiger partial charge in [0.05, 0.1) is 5.02 Å². The minimum absolute atomic E-state index is 0.0539. The summed E-state index contributed by atoms with van der Waals surface area (Å²) >= 11 is 8.07. The van der Waals surface area contributed by atoms with Crippen LogP contribution in [0.1, 0.15) is 30.1 Å². The highest BCUT2D eigenvalue weighted by Crippen LogP contribution is 2.19. The Bertz CT molecular complexity index is 354. The molecule has 0 bridgehead atoms. The summed E-state index contributed by atoms with van der Waals surface area (Å²) in [6.07, 6.45) is 2.08. The first-order valence-electron chi connectivity index (χ1n) is 4.88. The van der Waals surface area contributed by atoms with E-state index in [1.807, 2.05) is 6.07 Å². The molecule has 0 fully saturated rings. The van der Waals surface area contributed by atoms with E-state index in [-0.39, 0.29) is 5.91 Å². The molecule has 1 rings (SSSR count). The van der Waals surface area contributed by atoms with Crippen LogP contribution < -0.4 is 5.32 Å². The molecule has 1 N–H and O–H groups in total. The van der Waals surface area contributed by atoms with Crippen LogP contribution in [0.4, 0.5) is 0 Å². The van der Waals surface area contributed by atoms with Gasteiger partial charge in [0, 0.05) is 15.7 Å². The number of nitrogens with one attached hydrogen (secondary N) is 1. The van der Waals surface area contributed by atoms with Crippen LogP contribution in [0.15, 0.2) is 18.2 Å². The second-order valence-electron chi connectivity index (χ2n) is 3.24. The summed E-state index contributed by atoms with van der Waals surface area (Å²) in [4.78, 5) is 11.6. The van der Waals surface area contributed by atoms with E-state index in [1.54, 1.807) is 12.1 Å². The van der Waals surface area contributed by atoms with Crippen molar-refractivity contribution in [3.63, 3.8) is 0 Å². The molecule has 0 heterocycles. The van der Waals surface area contributed by atoms with E-state index in [0.29, 0.717) is 10.6 Å². The standard InChI is InChI=1S/C11H13ClINO/c1-2-3-6-14-11(15)8-4-5-10(13)9(12)7-8/h4-5,7H,2-3,6H2,1H3,(H,14,15). The minimum Gasteiger partial charge on any atom is -0.352 e. The monoisotopic (exact) mass is 337 g/mol. The second kappa shape index (κ2) is 6.33. The Hall–Kier alpha value is -0.290. The van der Waals surface area contributed by atoms with Crippen molar-refractivity contribution in [1.29, 1.82) is 0 Å². The molecule has 1 aromatic carbocycles. The lowest BCUT2D eigenvalue weighted by molar-refractivity contribution is 0.0953. The molecule has 1 aromatic rings. The molecule has 15 heavy (non-hydrogen) atoms. The number of benzene rings is 1. The zero-order chi connectivity index (χ0) is 11.3. The number of rotatable bonds is 4. The lowest BCUT2D eigenvalue weighted by Crippen LogP contribution is -2.24. The highest BCUT2D eigenvalue weighted by Gasteiger charge is 2.06. The van der Waals surface area contributed by atoms with Crippen molar-refractivity contribution in [2.24, 2.45) is 0 Å². The van der Waals surface area contributed by atoms with Gasteiger partial charge < -0.3 is 5.32 Å². The summed E-state index contributed by atoms with van der Waals surface area (Å²) in [5, 5.41) is 3.47. The molecule has 1 amide bonds. The fourth-order valence-corrected chi connectivity index (χ4v) is 1.63. The van der Waals surface area contributed by atoms with Crippen molar-refractivity contribution in [1.82, 2.24) is 5.32 Å². The van der Waals surface area contributed by atoms with Gasteiger partial charge >= 0.3 is 0 Å². The predicted octanol–water partition coefficient (Wildman–Crippen LogP) is 3.47. The maximum absolute atomic E-state index is 11.6. The number of carbonyl (C=O) groups excluding carboxylic acids is 1. The van der Waals surface area contributed by atoms with E-state index in [1.165, 1.54) is 0 Å². The fourth-order valence-electron chi connectivity index (χ4n) is 1.12. The van der Waals surface area contributed by atoms with E-state index >= 15 is 0 Å². The highest BCUT2D eigenvalue weighted by molar-refractivity contribution is 14.1. The van der Waals surface area contributed by atoms with Crippen LogP contribution >= 0.6 is 34.2 Å². The van der Waals surface area contributed by atoms with E-state index in [2.05, 4.69) is 34.8 Å². The Morgan fingerprint density at radius 1 is 1.53 bits per heavy atom. The molecule has 0 spiro atoms. The summed E-state index contributed by atoms with van der Waals surface area (Å²) in [6.45, 7) is 2.81. The van der Waals surface area contributed by atoms with Crippen molar-refractivity contribution in [2.75, 3.05) is 6.54 Å². The molecule has 0 aliphatic heterocycles. The number of halogens is 2. The lowest BCUT2D eigenvalue weighted by atomic mass is 10.2. The average molecular weight is 338 g/mol. The van der Waals surface area contributed by atoms with Gasteiger partial charge in [-0.3, -0.25) is 4.79 Å². The molecule has 82 valence electrons. The van der Waals surface area contributed by atoms with Crippen LogP contribution in [0.5, 0.6) is 0 Å². The zero-order valence-corrected chi connectivity index (χ0v) is 11.4. The molecule has 0 saturated carbocycles. The number of carbonyl (C=O) groups is 1. The zero-order valence-electron chi connectivity index (χ0n) is 8.52. The van der Waals surface area contributed by atoms with E-state index in [9.17, 15) is 4.79 Å². The first kappa shape index (κ1) is 12.8. The molecular formula is C11H13ClINO. The SMILES string of the molecule is CCCCNC(=O)c1ccc(I)c(Cl)c1. The largest absolute Gasteiger partial charge is 0.352 e. The molecule has 4 heteroatoms. The molecular weight excluding hydrogens is 324 g/mol. The van der Waals surface area contributed by atoms with Crippen LogP contribution in [0.3, 0.4) is 0 Å². The van der Waals surface area contributed by atoms with Gasteiger partial charge in [0.1, 0.15) is 0 Å². The molecule has 0 radical (unpaired) electrons. The fraction of sp³-hybridized carbons (Fsp3) is 0.364. The van der Waals surface area contributed by atoms with Gasteiger partial charge in [-0.15, -0.1) is 0 Å². The van der Waals surface area contributed by atoms with Crippen molar-refractivity contribution in [3.05, 3.63) is 32.4 Å². The molecule has 2 nitrogen and oxygen atoms in total. The molecule has 0 aliphatic rings. The first-order chi connectivity index (χ1) is 7.15. The maximum Gasteiger partial charge on any atom is 0.251 e. The highest BCUT2D eigenvalue weighted by atomic mass is 127. The van der Waals surface area contributed by atoms with Crippen molar-refractivity contribution in [3.8, 4) is 0 Å². The average Bonchev–Trinajstić information content (AvgIpc) is 2.22. The van der Waals surface area contributed by atoms with Crippen molar-refractivity contribution in [2.45, 2.75) is 19.8 Å². The summed E-state index contributed by atoms with van der Waals surface area (Å²) in [5.41, 5.74) is 0.622. The predicted molar refractivity (Wildman–Crippen MR) is 71.4 cm³/mol. The quantitative estimate of drug-likeness (QED) is 0.661.